The fourth-order valence-corrected chi connectivity index (χ4v) is 1.53. The van der Waals surface area contributed by atoms with Crippen molar-refractivity contribution in [1.82, 2.24) is 4.98 Å². The standard InChI is InChI=1S/C11H11FN2O/c1-6(13)9-5-7-4-8(12)2-3-10(7)14-11(9)15/h2-6H,13H2,1H3,(H,14,15). The first-order chi connectivity index (χ1) is 7.08. The van der Waals surface area contributed by atoms with E-state index in [-0.39, 0.29) is 17.4 Å². The van der Waals surface area contributed by atoms with E-state index in [1.54, 1.807) is 13.0 Å². The van der Waals surface area contributed by atoms with Gasteiger partial charge in [-0.25, -0.2) is 4.39 Å². The Morgan fingerprint density at radius 1 is 1.40 bits per heavy atom. The Morgan fingerprint density at radius 2 is 2.13 bits per heavy atom. The molecular formula is C11H11FN2O. The van der Waals surface area contributed by atoms with Gasteiger partial charge in [0.15, 0.2) is 0 Å². The summed E-state index contributed by atoms with van der Waals surface area (Å²) < 4.78 is 12.9. The SMILES string of the molecule is CC(N)c1cc2cc(F)ccc2[nH]c1=O. The number of benzene rings is 1. The van der Waals surface area contributed by atoms with Crippen LogP contribution in [0.4, 0.5) is 4.39 Å². The molecule has 1 unspecified atom stereocenters. The highest BCUT2D eigenvalue weighted by Crippen LogP contribution is 2.14. The second-order valence-corrected chi connectivity index (χ2v) is 3.57. The molecule has 0 aliphatic rings. The predicted octanol–water partition coefficient (Wildman–Crippen LogP) is 1.69. The number of halogens is 1. The predicted molar refractivity (Wildman–Crippen MR) is 57.1 cm³/mol. The minimum absolute atomic E-state index is 0.218. The molecule has 0 fully saturated rings. The Balaban J connectivity index is 2.77. The summed E-state index contributed by atoms with van der Waals surface area (Å²) in [6.07, 6.45) is 0. The third-order valence-electron chi connectivity index (χ3n) is 2.33. The molecule has 2 aromatic rings. The van der Waals surface area contributed by atoms with Gasteiger partial charge in [-0.2, -0.15) is 0 Å². The minimum atomic E-state index is -0.360. The molecule has 0 saturated heterocycles. The van der Waals surface area contributed by atoms with Crippen molar-refractivity contribution >= 4 is 10.9 Å². The zero-order valence-corrected chi connectivity index (χ0v) is 8.25. The first-order valence-corrected chi connectivity index (χ1v) is 4.66. The molecular weight excluding hydrogens is 195 g/mol. The van der Waals surface area contributed by atoms with Crippen molar-refractivity contribution in [1.29, 1.82) is 0 Å². The summed E-state index contributed by atoms with van der Waals surface area (Å²) in [4.78, 5) is 14.2. The number of pyridine rings is 1. The van der Waals surface area contributed by atoms with E-state index in [9.17, 15) is 9.18 Å². The molecule has 1 aromatic carbocycles. The lowest BCUT2D eigenvalue weighted by Gasteiger charge is -2.05. The topological polar surface area (TPSA) is 58.9 Å². The average Bonchev–Trinajstić information content (AvgIpc) is 2.17. The van der Waals surface area contributed by atoms with Gasteiger partial charge in [0.05, 0.1) is 0 Å². The van der Waals surface area contributed by atoms with Crippen molar-refractivity contribution in [3.8, 4) is 0 Å². The summed E-state index contributed by atoms with van der Waals surface area (Å²) in [5.41, 5.74) is 6.49. The lowest BCUT2D eigenvalue weighted by Crippen LogP contribution is -2.19. The van der Waals surface area contributed by atoms with Gasteiger partial charge in [-0.05, 0) is 31.2 Å². The molecule has 0 spiro atoms. The Morgan fingerprint density at radius 3 is 2.80 bits per heavy atom. The minimum Gasteiger partial charge on any atom is -0.324 e. The summed E-state index contributed by atoms with van der Waals surface area (Å²) in [7, 11) is 0. The molecule has 0 aliphatic carbocycles. The highest BCUT2D eigenvalue weighted by Gasteiger charge is 2.07. The summed E-state index contributed by atoms with van der Waals surface area (Å²) in [6.45, 7) is 1.72. The molecule has 78 valence electrons. The number of hydrogen-bond acceptors (Lipinski definition) is 2. The van der Waals surface area contributed by atoms with Crippen LogP contribution in [0.25, 0.3) is 10.9 Å². The van der Waals surface area contributed by atoms with Crippen molar-refractivity contribution in [3.05, 3.63) is 46.0 Å². The highest BCUT2D eigenvalue weighted by molar-refractivity contribution is 5.78. The van der Waals surface area contributed by atoms with Crippen LogP contribution in [0, 0.1) is 5.82 Å². The van der Waals surface area contributed by atoms with Crippen molar-refractivity contribution in [2.45, 2.75) is 13.0 Å². The number of rotatable bonds is 1. The van der Waals surface area contributed by atoms with Crippen molar-refractivity contribution in [3.63, 3.8) is 0 Å². The Kier molecular flexibility index (Phi) is 2.28. The number of fused-ring (bicyclic) bond motifs is 1. The summed E-state index contributed by atoms with van der Waals surface area (Å²) in [5.74, 6) is -0.329. The number of nitrogens with one attached hydrogen (secondary N) is 1. The Labute approximate surface area is 85.7 Å². The summed E-state index contributed by atoms with van der Waals surface area (Å²) >= 11 is 0. The van der Waals surface area contributed by atoms with Crippen LogP contribution >= 0.6 is 0 Å². The van der Waals surface area contributed by atoms with Gasteiger partial charge in [0, 0.05) is 22.5 Å². The molecule has 1 atom stereocenters. The Bertz CT molecular complexity index is 560. The van der Waals surface area contributed by atoms with Crippen molar-refractivity contribution < 1.29 is 4.39 Å². The quantitative estimate of drug-likeness (QED) is 0.745. The maximum atomic E-state index is 12.9. The lowest BCUT2D eigenvalue weighted by molar-refractivity contribution is 0.629. The molecule has 0 radical (unpaired) electrons. The molecule has 1 aromatic heterocycles. The molecule has 4 heteroatoms. The Hall–Kier alpha value is -1.68. The van der Waals surface area contributed by atoms with E-state index in [4.69, 9.17) is 5.73 Å². The zero-order chi connectivity index (χ0) is 11.0. The third-order valence-corrected chi connectivity index (χ3v) is 2.33. The van der Waals surface area contributed by atoms with E-state index in [0.717, 1.165) is 0 Å². The van der Waals surface area contributed by atoms with E-state index < -0.39 is 0 Å². The third kappa shape index (κ3) is 1.76. The van der Waals surface area contributed by atoms with Crippen LogP contribution in [0.5, 0.6) is 0 Å². The van der Waals surface area contributed by atoms with Crippen LogP contribution in [0.2, 0.25) is 0 Å². The van der Waals surface area contributed by atoms with Crippen molar-refractivity contribution in [2.75, 3.05) is 0 Å². The monoisotopic (exact) mass is 206 g/mol. The second-order valence-electron chi connectivity index (χ2n) is 3.57. The second kappa shape index (κ2) is 3.47. The molecule has 1 heterocycles. The lowest BCUT2D eigenvalue weighted by atomic mass is 10.1. The average molecular weight is 206 g/mol. The zero-order valence-electron chi connectivity index (χ0n) is 8.25. The van der Waals surface area contributed by atoms with Gasteiger partial charge in [0.1, 0.15) is 5.82 Å². The molecule has 0 amide bonds. The maximum absolute atomic E-state index is 12.9. The number of aromatic nitrogens is 1. The maximum Gasteiger partial charge on any atom is 0.253 e. The smallest absolute Gasteiger partial charge is 0.253 e. The van der Waals surface area contributed by atoms with Crippen LogP contribution in [0.15, 0.2) is 29.1 Å². The fraction of sp³-hybridized carbons (Fsp3) is 0.182. The fourth-order valence-electron chi connectivity index (χ4n) is 1.53. The first kappa shape index (κ1) is 9.86. The van der Waals surface area contributed by atoms with E-state index in [1.807, 2.05) is 0 Å². The number of H-pyrrole nitrogens is 1. The molecule has 15 heavy (non-hydrogen) atoms. The molecule has 0 saturated carbocycles. The van der Waals surface area contributed by atoms with Gasteiger partial charge >= 0.3 is 0 Å². The van der Waals surface area contributed by atoms with Gasteiger partial charge in [0.2, 0.25) is 0 Å². The molecule has 0 bridgehead atoms. The summed E-state index contributed by atoms with van der Waals surface area (Å²) in [5, 5.41) is 0.655. The summed E-state index contributed by atoms with van der Waals surface area (Å²) in [6, 6.07) is 5.49. The first-order valence-electron chi connectivity index (χ1n) is 4.66. The van der Waals surface area contributed by atoms with E-state index in [1.165, 1.54) is 18.2 Å². The highest BCUT2D eigenvalue weighted by atomic mass is 19.1. The van der Waals surface area contributed by atoms with Gasteiger partial charge in [-0.1, -0.05) is 0 Å². The molecule has 2 rings (SSSR count). The van der Waals surface area contributed by atoms with Crippen LogP contribution in [-0.4, -0.2) is 4.98 Å². The van der Waals surface area contributed by atoms with Gasteiger partial charge in [-0.3, -0.25) is 4.79 Å². The van der Waals surface area contributed by atoms with Crippen molar-refractivity contribution in [2.24, 2.45) is 5.73 Å². The molecule has 3 nitrogen and oxygen atoms in total. The van der Waals surface area contributed by atoms with Crippen LogP contribution < -0.4 is 11.3 Å². The van der Waals surface area contributed by atoms with E-state index >= 15 is 0 Å². The van der Waals surface area contributed by atoms with Crippen LogP contribution in [-0.2, 0) is 0 Å². The van der Waals surface area contributed by atoms with E-state index in [0.29, 0.717) is 16.5 Å². The normalized spacial score (nSPS) is 13.0. The number of aromatic amines is 1. The largest absolute Gasteiger partial charge is 0.324 e. The van der Waals surface area contributed by atoms with Gasteiger partial charge < -0.3 is 10.7 Å². The van der Waals surface area contributed by atoms with Crippen LogP contribution in [0.1, 0.15) is 18.5 Å². The molecule has 3 N–H and O–H groups in total. The van der Waals surface area contributed by atoms with Crippen LogP contribution in [0.3, 0.4) is 0 Å². The van der Waals surface area contributed by atoms with Gasteiger partial charge in [0.25, 0.3) is 5.56 Å². The van der Waals surface area contributed by atoms with E-state index in [2.05, 4.69) is 4.98 Å². The number of hydrogen-bond donors (Lipinski definition) is 2. The molecule has 0 aliphatic heterocycles. The van der Waals surface area contributed by atoms with Gasteiger partial charge in [-0.15, -0.1) is 0 Å². The number of nitrogens with two attached hydrogens (primary N) is 1.